The van der Waals surface area contributed by atoms with Gasteiger partial charge in [0.25, 0.3) is 0 Å². The highest BCUT2D eigenvalue weighted by Gasteiger charge is 2.12. The maximum absolute atomic E-state index is 11.5. The molecular formula is C13H21ClN2O2. The third-order valence-electron chi connectivity index (χ3n) is 2.48. The molecule has 1 atom stereocenters. The van der Waals surface area contributed by atoms with Gasteiger partial charge in [0.1, 0.15) is 12.4 Å². The monoisotopic (exact) mass is 272 g/mol. The number of rotatable bonds is 5. The number of carbonyl (C=O) groups is 1. The summed E-state index contributed by atoms with van der Waals surface area (Å²) in [7, 11) is 1.73. The van der Waals surface area contributed by atoms with Crippen LogP contribution in [0.2, 0.25) is 0 Å². The van der Waals surface area contributed by atoms with Crippen molar-refractivity contribution in [2.75, 3.05) is 20.2 Å². The molecule has 0 saturated carbocycles. The van der Waals surface area contributed by atoms with E-state index in [4.69, 9.17) is 10.5 Å². The Morgan fingerprint density at radius 1 is 1.39 bits per heavy atom. The molecule has 0 bridgehead atoms. The second kappa shape index (κ2) is 7.95. The second-order valence-corrected chi connectivity index (χ2v) is 4.21. The third kappa shape index (κ3) is 5.38. The molecule has 0 unspecified atom stereocenters. The Labute approximate surface area is 115 Å². The number of halogens is 1. The minimum absolute atomic E-state index is 0. The molecule has 0 aromatic heterocycles. The molecular weight excluding hydrogens is 252 g/mol. The number of nitrogens with zero attached hydrogens (tertiary/aromatic N) is 1. The van der Waals surface area contributed by atoms with Crippen LogP contribution in [0, 0.1) is 6.92 Å². The standard InChI is InChI=1S/C13H20N2O2.ClH/c1-10-4-6-12(7-5-10)17-9-8-15(3)13(16)11(2)14;/h4-7,11H,8-9,14H2,1-3H3;1H/t11-;/m0./s1. The van der Waals surface area contributed by atoms with Gasteiger partial charge in [0.15, 0.2) is 0 Å². The van der Waals surface area contributed by atoms with Gasteiger partial charge in [-0.25, -0.2) is 0 Å². The van der Waals surface area contributed by atoms with Gasteiger partial charge in [0.2, 0.25) is 5.91 Å². The van der Waals surface area contributed by atoms with E-state index >= 15 is 0 Å². The fourth-order valence-electron chi connectivity index (χ4n) is 1.39. The van der Waals surface area contributed by atoms with Crippen LogP contribution >= 0.6 is 12.4 Å². The first-order chi connectivity index (χ1) is 8.00. The Morgan fingerprint density at radius 2 is 1.94 bits per heavy atom. The van der Waals surface area contributed by atoms with Crippen molar-refractivity contribution in [3.8, 4) is 5.75 Å². The molecule has 0 aliphatic rings. The summed E-state index contributed by atoms with van der Waals surface area (Å²) < 4.78 is 5.53. The molecule has 0 saturated heterocycles. The molecule has 1 amide bonds. The lowest BCUT2D eigenvalue weighted by atomic mass is 10.2. The van der Waals surface area contributed by atoms with Crippen LogP contribution < -0.4 is 10.5 Å². The Morgan fingerprint density at radius 3 is 2.44 bits per heavy atom. The Kier molecular flexibility index (Phi) is 7.39. The average Bonchev–Trinajstić information content (AvgIpc) is 2.30. The van der Waals surface area contributed by atoms with Gasteiger partial charge in [-0.1, -0.05) is 17.7 Å². The van der Waals surface area contributed by atoms with Crippen molar-refractivity contribution in [2.45, 2.75) is 19.9 Å². The fraction of sp³-hybridized carbons (Fsp3) is 0.462. The lowest BCUT2D eigenvalue weighted by Gasteiger charge is -2.19. The second-order valence-electron chi connectivity index (χ2n) is 4.21. The largest absolute Gasteiger partial charge is 0.492 e. The highest BCUT2D eigenvalue weighted by molar-refractivity contribution is 5.85. The van der Waals surface area contributed by atoms with Gasteiger partial charge in [-0.3, -0.25) is 4.79 Å². The first-order valence-electron chi connectivity index (χ1n) is 5.70. The molecule has 18 heavy (non-hydrogen) atoms. The lowest BCUT2D eigenvalue weighted by Crippen LogP contribution is -2.41. The topological polar surface area (TPSA) is 55.6 Å². The molecule has 0 aliphatic carbocycles. The van der Waals surface area contributed by atoms with Crippen molar-refractivity contribution in [1.82, 2.24) is 4.90 Å². The first kappa shape index (κ1) is 16.7. The fourth-order valence-corrected chi connectivity index (χ4v) is 1.39. The average molecular weight is 273 g/mol. The SMILES string of the molecule is Cc1ccc(OCCN(C)C(=O)[C@H](C)N)cc1.Cl. The number of nitrogens with two attached hydrogens (primary N) is 1. The van der Waals surface area contributed by atoms with Gasteiger partial charge < -0.3 is 15.4 Å². The van der Waals surface area contributed by atoms with Gasteiger partial charge in [0, 0.05) is 7.05 Å². The van der Waals surface area contributed by atoms with E-state index in [1.807, 2.05) is 31.2 Å². The van der Waals surface area contributed by atoms with E-state index in [9.17, 15) is 4.79 Å². The molecule has 0 radical (unpaired) electrons. The number of hydrogen-bond donors (Lipinski definition) is 1. The Bertz CT molecular complexity index is 366. The van der Waals surface area contributed by atoms with Gasteiger partial charge in [-0.05, 0) is 26.0 Å². The molecule has 0 heterocycles. The van der Waals surface area contributed by atoms with Gasteiger partial charge >= 0.3 is 0 Å². The normalized spacial score (nSPS) is 11.3. The highest BCUT2D eigenvalue weighted by Crippen LogP contribution is 2.11. The van der Waals surface area contributed by atoms with Crippen LogP contribution in [0.25, 0.3) is 0 Å². The summed E-state index contributed by atoms with van der Waals surface area (Å²) >= 11 is 0. The van der Waals surface area contributed by atoms with E-state index in [0.29, 0.717) is 13.2 Å². The van der Waals surface area contributed by atoms with E-state index in [0.717, 1.165) is 5.75 Å². The predicted molar refractivity (Wildman–Crippen MR) is 75.2 cm³/mol. The molecule has 1 aromatic rings. The molecule has 2 N–H and O–H groups in total. The third-order valence-corrected chi connectivity index (χ3v) is 2.48. The van der Waals surface area contributed by atoms with Crippen LogP contribution in [0.5, 0.6) is 5.75 Å². The van der Waals surface area contributed by atoms with Gasteiger partial charge in [0.05, 0.1) is 12.6 Å². The van der Waals surface area contributed by atoms with Crippen LogP contribution in [0.15, 0.2) is 24.3 Å². The number of amides is 1. The van der Waals surface area contributed by atoms with Crippen LogP contribution in [0.1, 0.15) is 12.5 Å². The number of benzene rings is 1. The summed E-state index contributed by atoms with van der Waals surface area (Å²) in [4.78, 5) is 13.1. The zero-order chi connectivity index (χ0) is 12.8. The number of hydrogen-bond acceptors (Lipinski definition) is 3. The maximum Gasteiger partial charge on any atom is 0.239 e. The Balaban J connectivity index is 0.00000289. The summed E-state index contributed by atoms with van der Waals surface area (Å²) in [5.41, 5.74) is 6.70. The van der Waals surface area contributed by atoms with Crippen molar-refractivity contribution < 1.29 is 9.53 Å². The van der Waals surface area contributed by atoms with Crippen molar-refractivity contribution in [3.63, 3.8) is 0 Å². The van der Waals surface area contributed by atoms with Crippen molar-refractivity contribution in [3.05, 3.63) is 29.8 Å². The van der Waals surface area contributed by atoms with E-state index < -0.39 is 6.04 Å². The number of carbonyl (C=O) groups excluding carboxylic acids is 1. The van der Waals surface area contributed by atoms with Gasteiger partial charge in [-0.2, -0.15) is 0 Å². The molecule has 1 rings (SSSR count). The van der Waals surface area contributed by atoms with Crippen LogP contribution in [0.4, 0.5) is 0 Å². The zero-order valence-electron chi connectivity index (χ0n) is 11.1. The maximum atomic E-state index is 11.5. The summed E-state index contributed by atoms with van der Waals surface area (Å²) in [6.45, 7) is 4.71. The number of likely N-dealkylation sites (N-methyl/N-ethyl adjacent to an activating group) is 1. The first-order valence-corrected chi connectivity index (χ1v) is 5.70. The van der Waals surface area contributed by atoms with E-state index in [1.54, 1.807) is 18.9 Å². The molecule has 4 nitrogen and oxygen atoms in total. The lowest BCUT2D eigenvalue weighted by molar-refractivity contribution is -0.131. The van der Waals surface area contributed by atoms with Crippen LogP contribution in [-0.2, 0) is 4.79 Å². The van der Waals surface area contributed by atoms with Crippen molar-refractivity contribution in [2.24, 2.45) is 5.73 Å². The minimum Gasteiger partial charge on any atom is -0.492 e. The minimum atomic E-state index is -0.459. The van der Waals surface area contributed by atoms with Crippen molar-refractivity contribution in [1.29, 1.82) is 0 Å². The van der Waals surface area contributed by atoms with Crippen LogP contribution in [0.3, 0.4) is 0 Å². The summed E-state index contributed by atoms with van der Waals surface area (Å²) in [5, 5.41) is 0. The van der Waals surface area contributed by atoms with Crippen LogP contribution in [-0.4, -0.2) is 37.0 Å². The Hall–Kier alpha value is -1.26. The summed E-state index contributed by atoms with van der Waals surface area (Å²) in [5.74, 6) is 0.745. The quantitative estimate of drug-likeness (QED) is 0.886. The molecule has 1 aromatic carbocycles. The molecule has 0 fully saturated rings. The smallest absolute Gasteiger partial charge is 0.239 e. The van der Waals surface area contributed by atoms with E-state index in [2.05, 4.69) is 0 Å². The molecule has 5 heteroatoms. The summed E-state index contributed by atoms with van der Waals surface area (Å²) in [6.07, 6.45) is 0. The molecule has 102 valence electrons. The molecule has 0 aliphatic heterocycles. The number of ether oxygens (including phenoxy) is 1. The van der Waals surface area contributed by atoms with E-state index in [-0.39, 0.29) is 18.3 Å². The van der Waals surface area contributed by atoms with Gasteiger partial charge in [-0.15, -0.1) is 12.4 Å². The zero-order valence-corrected chi connectivity index (χ0v) is 11.9. The highest BCUT2D eigenvalue weighted by atomic mass is 35.5. The van der Waals surface area contributed by atoms with E-state index in [1.165, 1.54) is 5.56 Å². The predicted octanol–water partition coefficient (Wildman–Crippen LogP) is 1.60. The van der Waals surface area contributed by atoms with Crippen molar-refractivity contribution >= 4 is 18.3 Å². The molecule has 0 spiro atoms. The number of aryl methyl sites for hydroxylation is 1. The summed E-state index contributed by atoms with van der Waals surface area (Å²) in [6, 6.07) is 7.36.